The molecule has 1 aromatic heterocycles. The Labute approximate surface area is 161 Å². The van der Waals surface area contributed by atoms with Crippen molar-refractivity contribution in [3.63, 3.8) is 0 Å². The standard InChI is InChI=1S/C17H15N3.C4H4O4/c18-9-8-14-15-10-12(11-19)6-7-16(15)20-17(14)13-4-2-1-3-5-13;5-3(6)1-2-4(7)8/h1-7,10,20H,8-9,18H2;1-2H,(H,5,6)(H,7,8). The van der Waals surface area contributed by atoms with Crippen molar-refractivity contribution in [1.29, 1.82) is 5.26 Å². The molecule has 3 rings (SSSR count). The highest BCUT2D eigenvalue weighted by atomic mass is 16.4. The number of carboxylic acids is 2. The molecular formula is C21H19N3O4. The third kappa shape index (κ3) is 5.30. The summed E-state index contributed by atoms with van der Waals surface area (Å²) in [6.45, 7) is 0.587. The first-order chi connectivity index (χ1) is 13.5. The predicted molar refractivity (Wildman–Crippen MR) is 106 cm³/mol. The lowest BCUT2D eigenvalue weighted by Gasteiger charge is -2.03. The molecule has 0 aliphatic rings. The lowest BCUT2D eigenvalue weighted by Crippen LogP contribution is -2.03. The first kappa shape index (κ1) is 20.4. The number of aromatic amines is 1. The van der Waals surface area contributed by atoms with Crippen molar-refractivity contribution < 1.29 is 19.8 Å². The van der Waals surface area contributed by atoms with E-state index in [0.717, 1.165) is 28.6 Å². The van der Waals surface area contributed by atoms with Crippen molar-refractivity contribution in [2.24, 2.45) is 5.73 Å². The fourth-order valence-corrected chi connectivity index (χ4v) is 2.72. The van der Waals surface area contributed by atoms with E-state index >= 15 is 0 Å². The van der Waals surface area contributed by atoms with Crippen molar-refractivity contribution >= 4 is 22.8 Å². The number of nitrogens with one attached hydrogen (secondary N) is 1. The third-order valence-electron chi connectivity index (χ3n) is 3.86. The maximum atomic E-state index is 9.55. The van der Waals surface area contributed by atoms with Crippen LogP contribution in [0.1, 0.15) is 11.1 Å². The minimum atomic E-state index is -1.26. The van der Waals surface area contributed by atoms with Crippen LogP contribution < -0.4 is 5.73 Å². The van der Waals surface area contributed by atoms with Gasteiger partial charge in [0.15, 0.2) is 0 Å². The maximum Gasteiger partial charge on any atom is 0.328 e. The number of aromatic nitrogens is 1. The SMILES string of the molecule is N#Cc1ccc2[nH]c(-c3ccccc3)c(CCN)c2c1.O=C(O)C=CC(=O)O. The number of nitrogens with zero attached hydrogens (tertiary/aromatic N) is 1. The van der Waals surface area contributed by atoms with Crippen LogP contribution in [0.15, 0.2) is 60.7 Å². The van der Waals surface area contributed by atoms with Gasteiger partial charge in [-0.05, 0) is 42.3 Å². The molecule has 0 amide bonds. The molecule has 142 valence electrons. The molecule has 3 aromatic rings. The second kappa shape index (κ2) is 9.71. The van der Waals surface area contributed by atoms with Crippen LogP contribution in [-0.4, -0.2) is 33.7 Å². The first-order valence-corrected chi connectivity index (χ1v) is 8.40. The van der Waals surface area contributed by atoms with E-state index < -0.39 is 11.9 Å². The first-order valence-electron chi connectivity index (χ1n) is 8.40. The van der Waals surface area contributed by atoms with Crippen LogP contribution >= 0.6 is 0 Å². The lowest BCUT2D eigenvalue weighted by atomic mass is 10.0. The maximum absolute atomic E-state index is 9.55. The fourth-order valence-electron chi connectivity index (χ4n) is 2.72. The van der Waals surface area contributed by atoms with Gasteiger partial charge in [0.25, 0.3) is 0 Å². The van der Waals surface area contributed by atoms with Gasteiger partial charge in [-0.1, -0.05) is 30.3 Å². The number of carbonyl (C=O) groups is 2. The summed E-state index contributed by atoms with van der Waals surface area (Å²) in [6, 6.07) is 18.1. The normalized spacial score (nSPS) is 10.3. The van der Waals surface area contributed by atoms with Crippen molar-refractivity contribution in [3.05, 3.63) is 71.8 Å². The topological polar surface area (TPSA) is 140 Å². The Morgan fingerprint density at radius 2 is 1.71 bits per heavy atom. The number of aliphatic carboxylic acids is 2. The Morgan fingerprint density at radius 1 is 1.07 bits per heavy atom. The van der Waals surface area contributed by atoms with Crippen LogP contribution in [0.25, 0.3) is 22.2 Å². The van der Waals surface area contributed by atoms with Gasteiger partial charge in [0.1, 0.15) is 0 Å². The van der Waals surface area contributed by atoms with Crippen LogP contribution in [0.5, 0.6) is 0 Å². The van der Waals surface area contributed by atoms with Crippen molar-refractivity contribution in [2.45, 2.75) is 6.42 Å². The lowest BCUT2D eigenvalue weighted by molar-refractivity contribution is -0.134. The zero-order valence-electron chi connectivity index (χ0n) is 14.9. The summed E-state index contributed by atoms with van der Waals surface area (Å²) in [5, 5.41) is 25.8. The summed E-state index contributed by atoms with van der Waals surface area (Å²) in [4.78, 5) is 22.6. The summed E-state index contributed by atoms with van der Waals surface area (Å²) >= 11 is 0. The molecule has 0 fully saturated rings. The van der Waals surface area contributed by atoms with E-state index in [2.05, 4.69) is 23.2 Å². The van der Waals surface area contributed by atoms with Crippen LogP contribution in [0, 0.1) is 11.3 Å². The van der Waals surface area contributed by atoms with Crippen LogP contribution in [0.3, 0.4) is 0 Å². The van der Waals surface area contributed by atoms with E-state index in [1.807, 2.05) is 36.4 Å². The molecule has 28 heavy (non-hydrogen) atoms. The monoisotopic (exact) mass is 377 g/mol. The Balaban J connectivity index is 0.000000300. The molecule has 5 N–H and O–H groups in total. The number of fused-ring (bicyclic) bond motifs is 1. The fraction of sp³-hybridized carbons (Fsp3) is 0.0952. The van der Waals surface area contributed by atoms with Crippen LogP contribution in [0.2, 0.25) is 0 Å². The molecule has 0 radical (unpaired) electrons. The number of benzene rings is 2. The predicted octanol–water partition coefficient (Wildman–Crippen LogP) is 2.92. The highest BCUT2D eigenvalue weighted by molar-refractivity contribution is 5.92. The van der Waals surface area contributed by atoms with Crippen LogP contribution in [-0.2, 0) is 16.0 Å². The zero-order chi connectivity index (χ0) is 20.5. The summed E-state index contributed by atoms with van der Waals surface area (Å²) < 4.78 is 0. The molecule has 0 saturated heterocycles. The van der Waals surface area contributed by atoms with Crippen LogP contribution in [0.4, 0.5) is 0 Å². The smallest absolute Gasteiger partial charge is 0.328 e. The number of nitriles is 1. The van der Waals surface area contributed by atoms with Gasteiger partial charge in [-0.15, -0.1) is 0 Å². The highest BCUT2D eigenvalue weighted by Gasteiger charge is 2.12. The second-order valence-electron chi connectivity index (χ2n) is 5.77. The van der Waals surface area contributed by atoms with E-state index in [1.165, 1.54) is 5.56 Å². The molecular weight excluding hydrogens is 358 g/mol. The third-order valence-corrected chi connectivity index (χ3v) is 3.86. The summed E-state index contributed by atoms with van der Waals surface area (Å²) in [5.41, 5.74) is 10.9. The second-order valence-corrected chi connectivity index (χ2v) is 5.77. The highest BCUT2D eigenvalue weighted by Crippen LogP contribution is 2.31. The molecule has 7 heteroatoms. The molecule has 0 unspecified atom stereocenters. The average molecular weight is 377 g/mol. The summed E-state index contributed by atoms with van der Waals surface area (Å²) in [5.74, 6) is -2.51. The van der Waals surface area contributed by atoms with E-state index in [9.17, 15) is 9.59 Å². The minimum Gasteiger partial charge on any atom is -0.478 e. The molecule has 2 aromatic carbocycles. The minimum absolute atomic E-state index is 0.558. The molecule has 0 aliphatic carbocycles. The van der Waals surface area contributed by atoms with Gasteiger partial charge in [-0.2, -0.15) is 5.26 Å². The number of hydrogen-bond donors (Lipinski definition) is 4. The average Bonchev–Trinajstić information content (AvgIpc) is 3.05. The van der Waals surface area contributed by atoms with E-state index in [4.69, 9.17) is 21.2 Å². The molecule has 7 nitrogen and oxygen atoms in total. The summed E-state index contributed by atoms with van der Waals surface area (Å²) in [7, 11) is 0. The van der Waals surface area contributed by atoms with Gasteiger partial charge in [-0.3, -0.25) is 0 Å². The Hall–Kier alpha value is -3.89. The van der Waals surface area contributed by atoms with Gasteiger partial charge in [-0.25, -0.2) is 9.59 Å². The van der Waals surface area contributed by atoms with Crippen molar-refractivity contribution in [3.8, 4) is 17.3 Å². The molecule has 1 heterocycles. The van der Waals surface area contributed by atoms with E-state index in [-0.39, 0.29) is 0 Å². The molecule has 0 saturated carbocycles. The number of hydrogen-bond acceptors (Lipinski definition) is 4. The number of rotatable bonds is 5. The summed E-state index contributed by atoms with van der Waals surface area (Å²) in [6.07, 6.45) is 1.91. The van der Waals surface area contributed by atoms with Gasteiger partial charge >= 0.3 is 11.9 Å². The Morgan fingerprint density at radius 3 is 2.25 bits per heavy atom. The Bertz CT molecular complexity index is 1030. The van der Waals surface area contributed by atoms with Crippen molar-refractivity contribution in [2.75, 3.05) is 6.54 Å². The number of carboxylic acid groups (broad SMARTS) is 2. The van der Waals surface area contributed by atoms with E-state index in [1.54, 1.807) is 0 Å². The quantitative estimate of drug-likeness (QED) is 0.504. The van der Waals surface area contributed by atoms with Gasteiger partial charge in [0, 0.05) is 28.7 Å². The van der Waals surface area contributed by atoms with E-state index in [0.29, 0.717) is 24.3 Å². The molecule has 0 atom stereocenters. The molecule has 0 spiro atoms. The largest absolute Gasteiger partial charge is 0.478 e. The Kier molecular flexibility index (Phi) is 7.08. The zero-order valence-corrected chi connectivity index (χ0v) is 14.9. The molecule has 0 bridgehead atoms. The van der Waals surface area contributed by atoms with Gasteiger partial charge in [0.2, 0.25) is 0 Å². The van der Waals surface area contributed by atoms with Crippen molar-refractivity contribution in [1.82, 2.24) is 4.98 Å². The number of nitrogens with two attached hydrogens (primary N) is 1. The molecule has 0 aliphatic heterocycles. The van der Waals surface area contributed by atoms with Gasteiger partial charge < -0.3 is 20.9 Å². The number of H-pyrrole nitrogens is 1. The van der Waals surface area contributed by atoms with Gasteiger partial charge in [0.05, 0.1) is 11.6 Å².